The Labute approximate surface area is 124 Å². The number of carbonyl (C=O) groups excluding carboxylic acids is 1. The van der Waals surface area contributed by atoms with Gasteiger partial charge >= 0.3 is 0 Å². The zero-order valence-electron chi connectivity index (χ0n) is 10.5. The average Bonchev–Trinajstić information content (AvgIpc) is 2.66. The van der Waals surface area contributed by atoms with E-state index in [9.17, 15) is 4.79 Å². The maximum absolute atomic E-state index is 11.6. The minimum Gasteiger partial charge on any atom is -0.337 e. The van der Waals surface area contributed by atoms with Crippen LogP contribution in [0.5, 0.6) is 0 Å². The van der Waals surface area contributed by atoms with Crippen molar-refractivity contribution in [3.8, 4) is 0 Å². The van der Waals surface area contributed by atoms with E-state index >= 15 is 0 Å². The fraction of sp³-hybridized carbons (Fsp3) is 0.636. The summed E-state index contributed by atoms with van der Waals surface area (Å²) in [5.74, 6) is 0.00361. The molecule has 1 atom stereocenters. The Balaban J connectivity index is 0.00000144. The molecule has 4 nitrogen and oxygen atoms in total. The van der Waals surface area contributed by atoms with Crippen molar-refractivity contribution in [3.63, 3.8) is 0 Å². The van der Waals surface area contributed by atoms with Crippen LogP contribution in [0.3, 0.4) is 0 Å². The van der Waals surface area contributed by atoms with Crippen LogP contribution in [0.4, 0.5) is 0 Å². The van der Waals surface area contributed by atoms with Crippen molar-refractivity contribution in [1.82, 2.24) is 9.88 Å². The van der Waals surface area contributed by atoms with Crippen LogP contribution >= 0.6 is 36.2 Å². The molecular formula is C11H19Cl2N3OS. The van der Waals surface area contributed by atoms with Gasteiger partial charge in [-0.3, -0.25) is 4.79 Å². The quantitative estimate of drug-likeness (QED) is 0.909. The number of nitrogens with two attached hydrogens (primary N) is 1. The minimum absolute atomic E-state index is 0. The summed E-state index contributed by atoms with van der Waals surface area (Å²) < 4.78 is 0. The summed E-state index contributed by atoms with van der Waals surface area (Å²) >= 11 is 1.71. The second-order valence-corrected chi connectivity index (χ2v) is 5.40. The van der Waals surface area contributed by atoms with Crippen LogP contribution < -0.4 is 5.73 Å². The number of nitrogens with zero attached hydrogens (tertiary/aromatic N) is 2. The highest BCUT2D eigenvalue weighted by atomic mass is 35.5. The molecule has 1 aromatic rings. The molecule has 1 aliphatic carbocycles. The molecule has 0 fully saturated rings. The molecule has 0 bridgehead atoms. The standard InChI is InChI=1S/C11H17N3OS.2ClH/c1-7-13-8-4-3-5-9(11(8)16-7)14(2)10(15)6-12;;/h9H,3-6,12H2,1-2H3;2*1H. The number of rotatable bonds is 2. The second kappa shape index (κ2) is 7.28. The van der Waals surface area contributed by atoms with Crippen molar-refractivity contribution in [2.24, 2.45) is 5.73 Å². The fourth-order valence-corrected chi connectivity index (χ4v) is 3.36. The number of amides is 1. The van der Waals surface area contributed by atoms with Gasteiger partial charge in [0.05, 0.1) is 28.2 Å². The SMILES string of the molecule is Cc1nc2c(s1)C(N(C)C(=O)CN)CCC2.Cl.Cl. The predicted molar refractivity (Wildman–Crippen MR) is 78.9 cm³/mol. The Hall–Kier alpha value is -0.360. The first kappa shape index (κ1) is 17.6. The van der Waals surface area contributed by atoms with Gasteiger partial charge < -0.3 is 10.6 Å². The lowest BCUT2D eigenvalue weighted by Crippen LogP contribution is -2.36. The first-order chi connectivity index (χ1) is 7.63. The van der Waals surface area contributed by atoms with Gasteiger partial charge in [-0.05, 0) is 26.2 Å². The van der Waals surface area contributed by atoms with Crippen molar-refractivity contribution in [2.75, 3.05) is 13.6 Å². The molecule has 1 heterocycles. The van der Waals surface area contributed by atoms with E-state index in [0.29, 0.717) is 0 Å². The Morgan fingerprint density at radius 1 is 1.56 bits per heavy atom. The molecular weight excluding hydrogens is 293 g/mol. The fourth-order valence-electron chi connectivity index (χ4n) is 2.21. The van der Waals surface area contributed by atoms with Gasteiger partial charge in [0.2, 0.25) is 5.91 Å². The van der Waals surface area contributed by atoms with E-state index in [0.717, 1.165) is 24.3 Å². The normalized spacial score (nSPS) is 17.2. The van der Waals surface area contributed by atoms with E-state index < -0.39 is 0 Å². The summed E-state index contributed by atoms with van der Waals surface area (Å²) in [5, 5.41) is 1.09. The Morgan fingerprint density at radius 2 is 2.22 bits per heavy atom. The number of halogens is 2. The summed E-state index contributed by atoms with van der Waals surface area (Å²) in [5.41, 5.74) is 6.58. The lowest BCUT2D eigenvalue weighted by molar-refractivity contribution is -0.130. The molecule has 7 heteroatoms. The third kappa shape index (κ3) is 3.35. The van der Waals surface area contributed by atoms with Gasteiger partial charge in [0.15, 0.2) is 0 Å². The highest BCUT2D eigenvalue weighted by Gasteiger charge is 2.28. The minimum atomic E-state index is 0. The molecule has 0 saturated heterocycles. The smallest absolute Gasteiger partial charge is 0.236 e. The molecule has 2 rings (SSSR count). The zero-order valence-corrected chi connectivity index (χ0v) is 13.0. The molecule has 1 amide bonds. The van der Waals surface area contributed by atoms with Crippen LogP contribution in [0, 0.1) is 6.92 Å². The number of aromatic nitrogens is 1. The first-order valence-corrected chi connectivity index (χ1v) is 6.37. The Bertz CT molecular complexity index is 411. The van der Waals surface area contributed by atoms with Crippen molar-refractivity contribution in [2.45, 2.75) is 32.2 Å². The van der Waals surface area contributed by atoms with Gasteiger partial charge in [-0.25, -0.2) is 4.98 Å². The molecule has 0 aromatic carbocycles. The molecule has 0 aliphatic heterocycles. The number of thiazole rings is 1. The average molecular weight is 312 g/mol. The highest BCUT2D eigenvalue weighted by Crippen LogP contribution is 2.37. The predicted octanol–water partition coefficient (Wildman–Crippen LogP) is 2.09. The number of hydrogen-bond donors (Lipinski definition) is 1. The van der Waals surface area contributed by atoms with Gasteiger partial charge in [-0.15, -0.1) is 36.2 Å². The third-order valence-electron chi connectivity index (χ3n) is 3.06. The number of fused-ring (bicyclic) bond motifs is 1. The van der Waals surface area contributed by atoms with Gasteiger partial charge in [-0.1, -0.05) is 0 Å². The number of carbonyl (C=O) groups is 1. The van der Waals surface area contributed by atoms with E-state index in [1.54, 1.807) is 16.2 Å². The van der Waals surface area contributed by atoms with Gasteiger partial charge in [0, 0.05) is 7.05 Å². The van der Waals surface area contributed by atoms with Crippen LogP contribution in [0.2, 0.25) is 0 Å². The highest BCUT2D eigenvalue weighted by molar-refractivity contribution is 7.11. The van der Waals surface area contributed by atoms with E-state index in [-0.39, 0.29) is 43.3 Å². The van der Waals surface area contributed by atoms with E-state index in [1.165, 1.54) is 10.6 Å². The molecule has 104 valence electrons. The monoisotopic (exact) mass is 311 g/mol. The van der Waals surface area contributed by atoms with Crippen LogP contribution in [-0.4, -0.2) is 29.4 Å². The largest absolute Gasteiger partial charge is 0.337 e. The summed E-state index contributed by atoms with van der Waals surface area (Å²) in [6, 6.07) is 0.186. The summed E-state index contributed by atoms with van der Waals surface area (Å²) in [7, 11) is 1.84. The lowest BCUT2D eigenvalue weighted by atomic mass is 9.97. The Morgan fingerprint density at radius 3 is 2.83 bits per heavy atom. The van der Waals surface area contributed by atoms with E-state index in [2.05, 4.69) is 4.98 Å². The maximum Gasteiger partial charge on any atom is 0.236 e. The van der Waals surface area contributed by atoms with Crippen LogP contribution in [0.1, 0.15) is 34.5 Å². The number of aryl methyl sites for hydroxylation is 2. The summed E-state index contributed by atoms with van der Waals surface area (Å²) in [6.07, 6.45) is 3.17. The molecule has 0 radical (unpaired) electrons. The van der Waals surface area contributed by atoms with Crippen LogP contribution in [0.15, 0.2) is 0 Å². The molecule has 18 heavy (non-hydrogen) atoms. The van der Waals surface area contributed by atoms with E-state index in [4.69, 9.17) is 5.73 Å². The first-order valence-electron chi connectivity index (χ1n) is 5.55. The maximum atomic E-state index is 11.6. The second-order valence-electron chi connectivity index (χ2n) is 4.16. The summed E-state index contributed by atoms with van der Waals surface area (Å²) in [6.45, 7) is 2.10. The van der Waals surface area contributed by atoms with Crippen molar-refractivity contribution in [3.05, 3.63) is 15.6 Å². The van der Waals surface area contributed by atoms with Crippen LogP contribution in [0.25, 0.3) is 0 Å². The van der Waals surface area contributed by atoms with Gasteiger partial charge in [-0.2, -0.15) is 0 Å². The van der Waals surface area contributed by atoms with E-state index in [1.807, 2.05) is 14.0 Å². The van der Waals surface area contributed by atoms with Gasteiger partial charge in [0.25, 0.3) is 0 Å². The molecule has 1 aromatic heterocycles. The molecule has 1 unspecified atom stereocenters. The van der Waals surface area contributed by atoms with Crippen molar-refractivity contribution < 1.29 is 4.79 Å². The molecule has 0 spiro atoms. The lowest BCUT2D eigenvalue weighted by Gasteiger charge is -2.30. The summed E-state index contributed by atoms with van der Waals surface area (Å²) in [4.78, 5) is 19.2. The van der Waals surface area contributed by atoms with Crippen LogP contribution in [-0.2, 0) is 11.2 Å². The third-order valence-corrected chi connectivity index (χ3v) is 4.18. The number of likely N-dealkylation sites (N-methyl/N-ethyl adjacent to an activating group) is 1. The molecule has 2 N–H and O–H groups in total. The number of hydrogen-bond acceptors (Lipinski definition) is 4. The molecule has 0 saturated carbocycles. The molecule has 1 aliphatic rings. The van der Waals surface area contributed by atoms with Gasteiger partial charge in [0.1, 0.15) is 0 Å². The van der Waals surface area contributed by atoms with Crippen molar-refractivity contribution >= 4 is 42.1 Å². The van der Waals surface area contributed by atoms with Crippen molar-refractivity contribution in [1.29, 1.82) is 0 Å². The topological polar surface area (TPSA) is 59.2 Å². The Kier molecular flexibility index (Phi) is 7.14. The zero-order chi connectivity index (χ0) is 11.7.